The lowest BCUT2D eigenvalue weighted by Crippen LogP contribution is -2.08. The standard InChI is InChI=1S/C7H8FNO/c1-4-5(2)9-7(10)3-6(4)8/h3H,1-2H3,(H,9,10). The maximum atomic E-state index is 12.6. The maximum Gasteiger partial charge on any atom is 0.251 e. The third-order valence-corrected chi connectivity index (χ3v) is 1.49. The molecule has 2 nitrogen and oxygen atoms in total. The predicted molar refractivity (Wildman–Crippen MR) is 36.5 cm³/mol. The number of pyridine rings is 1. The second kappa shape index (κ2) is 2.25. The van der Waals surface area contributed by atoms with Gasteiger partial charge in [0.2, 0.25) is 0 Å². The van der Waals surface area contributed by atoms with Crippen LogP contribution in [0.25, 0.3) is 0 Å². The Morgan fingerprint density at radius 2 is 2.10 bits per heavy atom. The van der Waals surface area contributed by atoms with E-state index in [9.17, 15) is 9.18 Å². The fraction of sp³-hybridized carbons (Fsp3) is 0.286. The summed E-state index contributed by atoms with van der Waals surface area (Å²) < 4.78 is 12.6. The fourth-order valence-corrected chi connectivity index (χ4v) is 0.717. The van der Waals surface area contributed by atoms with Gasteiger partial charge in [-0.15, -0.1) is 0 Å². The molecule has 0 radical (unpaired) electrons. The van der Waals surface area contributed by atoms with Crippen LogP contribution in [0.1, 0.15) is 11.3 Å². The smallest absolute Gasteiger partial charge is 0.251 e. The van der Waals surface area contributed by atoms with Gasteiger partial charge in [-0.1, -0.05) is 0 Å². The van der Waals surface area contributed by atoms with Crippen LogP contribution in [0.2, 0.25) is 0 Å². The molecule has 1 rings (SSSR count). The van der Waals surface area contributed by atoms with E-state index in [0.29, 0.717) is 11.3 Å². The number of aromatic amines is 1. The van der Waals surface area contributed by atoms with E-state index < -0.39 is 5.82 Å². The third-order valence-electron chi connectivity index (χ3n) is 1.49. The first kappa shape index (κ1) is 6.99. The number of H-pyrrole nitrogens is 1. The van der Waals surface area contributed by atoms with Crippen molar-refractivity contribution in [3.05, 3.63) is 33.5 Å². The average molecular weight is 141 g/mol. The number of hydrogen-bond acceptors (Lipinski definition) is 1. The second-order valence-corrected chi connectivity index (χ2v) is 2.23. The summed E-state index contributed by atoms with van der Waals surface area (Å²) in [4.78, 5) is 13.1. The molecule has 0 aliphatic heterocycles. The van der Waals surface area contributed by atoms with Gasteiger partial charge in [0.15, 0.2) is 0 Å². The highest BCUT2D eigenvalue weighted by atomic mass is 19.1. The van der Waals surface area contributed by atoms with Crippen LogP contribution in [0.5, 0.6) is 0 Å². The van der Waals surface area contributed by atoms with Crippen LogP contribution in [-0.2, 0) is 0 Å². The van der Waals surface area contributed by atoms with Crippen LogP contribution in [0.4, 0.5) is 4.39 Å². The quantitative estimate of drug-likeness (QED) is 0.577. The molecule has 0 amide bonds. The average Bonchev–Trinajstić information content (AvgIpc) is 1.82. The zero-order valence-corrected chi connectivity index (χ0v) is 5.86. The molecule has 10 heavy (non-hydrogen) atoms. The molecule has 54 valence electrons. The van der Waals surface area contributed by atoms with Gasteiger partial charge < -0.3 is 4.98 Å². The SMILES string of the molecule is Cc1[nH]c(=O)cc(F)c1C. The molecule has 0 spiro atoms. The summed E-state index contributed by atoms with van der Waals surface area (Å²) in [5.41, 5.74) is 0.699. The van der Waals surface area contributed by atoms with Gasteiger partial charge in [0.25, 0.3) is 5.56 Å². The summed E-state index contributed by atoms with van der Waals surface area (Å²) in [5, 5.41) is 0. The lowest BCUT2D eigenvalue weighted by Gasteiger charge is -1.97. The van der Waals surface area contributed by atoms with Crippen LogP contribution in [0.3, 0.4) is 0 Å². The summed E-state index contributed by atoms with van der Waals surface area (Å²) >= 11 is 0. The Balaban J connectivity index is 3.46. The Hall–Kier alpha value is -1.12. The van der Waals surface area contributed by atoms with Crippen molar-refractivity contribution in [2.45, 2.75) is 13.8 Å². The topological polar surface area (TPSA) is 32.9 Å². The zero-order valence-electron chi connectivity index (χ0n) is 5.86. The molecule has 1 aromatic rings. The Kier molecular flexibility index (Phi) is 1.57. The van der Waals surface area contributed by atoms with E-state index in [0.717, 1.165) is 6.07 Å². The Bertz CT molecular complexity index is 277. The van der Waals surface area contributed by atoms with E-state index in [-0.39, 0.29) is 5.56 Å². The molecule has 3 heteroatoms. The number of hydrogen-bond donors (Lipinski definition) is 1. The van der Waals surface area contributed by atoms with Crippen LogP contribution in [0, 0.1) is 19.7 Å². The van der Waals surface area contributed by atoms with Crippen molar-refractivity contribution in [3.8, 4) is 0 Å². The first-order valence-electron chi connectivity index (χ1n) is 2.97. The molecule has 0 aliphatic rings. The van der Waals surface area contributed by atoms with Crippen molar-refractivity contribution < 1.29 is 4.39 Å². The highest BCUT2D eigenvalue weighted by Crippen LogP contribution is 2.03. The minimum absolute atomic E-state index is 0.388. The third kappa shape index (κ3) is 1.07. The van der Waals surface area contributed by atoms with E-state index in [1.165, 1.54) is 0 Å². The van der Waals surface area contributed by atoms with E-state index in [2.05, 4.69) is 4.98 Å². The highest BCUT2D eigenvalue weighted by molar-refractivity contribution is 5.17. The predicted octanol–water partition coefficient (Wildman–Crippen LogP) is 1.13. The summed E-state index contributed by atoms with van der Waals surface area (Å²) in [5.74, 6) is -0.443. The van der Waals surface area contributed by atoms with E-state index in [1.54, 1.807) is 13.8 Å². The van der Waals surface area contributed by atoms with Gasteiger partial charge in [0.05, 0.1) is 0 Å². The molecule has 0 aromatic carbocycles. The first-order valence-corrected chi connectivity index (χ1v) is 2.97. The highest BCUT2D eigenvalue weighted by Gasteiger charge is 2.00. The van der Waals surface area contributed by atoms with Crippen LogP contribution < -0.4 is 5.56 Å². The first-order chi connectivity index (χ1) is 4.61. The van der Waals surface area contributed by atoms with Gasteiger partial charge >= 0.3 is 0 Å². The molecule has 1 aromatic heterocycles. The van der Waals surface area contributed by atoms with Crippen LogP contribution >= 0.6 is 0 Å². The molecular weight excluding hydrogens is 133 g/mol. The number of nitrogens with one attached hydrogen (secondary N) is 1. The molecule has 1 heterocycles. The van der Waals surface area contributed by atoms with Crippen molar-refractivity contribution in [2.75, 3.05) is 0 Å². The molecule has 1 N–H and O–H groups in total. The monoisotopic (exact) mass is 141 g/mol. The lowest BCUT2D eigenvalue weighted by molar-refractivity contribution is 0.611. The molecule has 0 bridgehead atoms. The molecular formula is C7H8FNO. The van der Waals surface area contributed by atoms with Crippen LogP contribution in [0.15, 0.2) is 10.9 Å². The Morgan fingerprint density at radius 3 is 2.60 bits per heavy atom. The largest absolute Gasteiger partial charge is 0.326 e. The number of halogens is 1. The molecule has 0 aliphatic carbocycles. The summed E-state index contributed by atoms with van der Waals surface area (Å²) in [7, 11) is 0. The van der Waals surface area contributed by atoms with E-state index in [4.69, 9.17) is 0 Å². The minimum Gasteiger partial charge on any atom is -0.326 e. The molecule has 0 unspecified atom stereocenters. The molecule has 0 saturated heterocycles. The number of aryl methyl sites for hydroxylation is 1. The number of aromatic nitrogens is 1. The second-order valence-electron chi connectivity index (χ2n) is 2.23. The normalized spacial score (nSPS) is 9.90. The summed E-state index contributed by atoms with van der Waals surface area (Å²) in [6.45, 7) is 3.29. The van der Waals surface area contributed by atoms with Gasteiger partial charge in [-0.05, 0) is 13.8 Å². The Labute approximate surface area is 57.7 Å². The van der Waals surface area contributed by atoms with E-state index in [1.807, 2.05) is 0 Å². The lowest BCUT2D eigenvalue weighted by atomic mass is 10.2. The van der Waals surface area contributed by atoms with Gasteiger partial charge in [0.1, 0.15) is 5.82 Å². The van der Waals surface area contributed by atoms with Crippen molar-refractivity contribution in [2.24, 2.45) is 0 Å². The molecule has 0 atom stereocenters. The minimum atomic E-state index is -0.443. The number of rotatable bonds is 0. The zero-order chi connectivity index (χ0) is 7.72. The Morgan fingerprint density at radius 1 is 1.50 bits per heavy atom. The van der Waals surface area contributed by atoms with Crippen molar-refractivity contribution in [3.63, 3.8) is 0 Å². The molecule has 0 fully saturated rings. The fourth-order valence-electron chi connectivity index (χ4n) is 0.717. The van der Waals surface area contributed by atoms with E-state index >= 15 is 0 Å². The van der Waals surface area contributed by atoms with Gasteiger partial charge in [-0.2, -0.15) is 0 Å². The molecule has 0 saturated carbocycles. The van der Waals surface area contributed by atoms with Gasteiger partial charge in [-0.3, -0.25) is 4.79 Å². The van der Waals surface area contributed by atoms with Crippen LogP contribution in [-0.4, -0.2) is 4.98 Å². The van der Waals surface area contributed by atoms with Gasteiger partial charge in [0, 0.05) is 17.3 Å². The maximum absolute atomic E-state index is 12.6. The summed E-state index contributed by atoms with van der Waals surface area (Å²) in [6.07, 6.45) is 0. The van der Waals surface area contributed by atoms with Crippen molar-refractivity contribution >= 4 is 0 Å². The van der Waals surface area contributed by atoms with Crippen molar-refractivity contribution in [1.82, 2.24) is 4.98 Å². The van der Waals surface area contributed by atoms with Gasteiger partial charge in [-0.25, -0.2) is 4.39 Å². The summed E-state index contributed by atoms with van der Waals surface area (Å²) in [6, 6.07) is 0.947. The van der Waals surface area contributed by atoms with Crippen molar-refractivity contribution in [1.29, 1.82) is 0 Å².